The molecule has 0 spiro atoms. The molecule has 3 fully saturated rings. The van der Waals surface area contributed by atoms with E-state index in [1.807, 2.05) is 6.92 Å². The van der Waals surface area contributed by atoms with Gasteiger partial charge in [0.15, 0.2) is 0 Å². The number of likely N-dealkylation sites (tertiary alicyclic amines) is 1. The van der Waals surface area contributed by atoms with Crippen LogP contribution < -0.4 is 5.32 Å². The van der Waals surface area contributed by atoms with Gasteiger partial charge >= 0.3 is 12.1 Å². The van der Waals surface area contributed by atoms with Gasteiger partial charge in [-0.1, -0.05) is 19.6 Å². The number of thioether (sulfide) groups is 1. The van der Waals surface area contributed by atoms with Gasteiger partial charge in [0.05, 0.1) is 24.0 Å². The second-order valence-corrected chi connectivity index (χ2v) is 10.4. The molecule has 0 aromatic carbocycles. The van der Waals surface area contributed by atoms with E-state index in [4.69, 9.17) is 4.74 Å². The molecule has 7 atom stereocenters. The van der Waals surface area contributed by atoms with Gasteiger partial charge in [-0.05, 0) is 19.8 Å². The predicted molar refractivity (Wildman–Crippen MR) is 119 cm³/mol. The fourth-order valence-electron chi connectivity index (χ4n) is 5.33. The van der Waals surface area contributed by atoms with E-state index in [-0.39, 0.29) is 53.3 Å². The summed E-state index contributed by atoms with van der Waals surface area (Å²) in [6, 6.07) is -0.582. The van der Waals surface area contributed by atoms with Gasteiger partial charge in [0.25, 0.3) is 0 Å². The number of carboxylic acid groups (broad SMARTS) is 1. The van der Waals surface area contributed by atoms with E-state index in [0.717, 1.165) is 0 Å². The third-order valence-corrected chi connectivity index (χ3v) is 8.48. The van der Waals surface area contributed by atoms with Crippen molar-refractivity contribution in [2.45, 2.75) is 50.1 Å². The molecule has 0 bridgehead atoms. The van der Waals surface area contributed by atoms with Crippen LogP contribution in [0, 0.1) is 17.8 Å². The Bertz CT molecular complexity index is 920. The average molecular weight is 480 g/mol. The molecular weight excluding hydrogens is 450 g/mol. The summed E-state index contributed by atoms with van der Waals surface area (Å²) in [5, 5.41) is 22.5. The number of aliphatic carboxylic acids is 1. The van der Waals surface area contributed by atoms with Crippen molar-refractivity contribution in [3.63, 3.8) is 0 Å². The summed E-state index contributed by atoms with van der Waals surface area (Å²) in [6.07, 6.45) is 1.24. The summed E-state index contributed by atoms with van der Waals surface area (Å²) < 4.78 is 5.24. The van der Waals surface area contributed by atoms with Gasteiger partial charge in [0.2, 0.25) is 11.8 Å². The Morgan fingerprint density at radius 1 is 1.39 bits per heavy atom. The topological polar surface area (TPSA) is 136 Å². The number of nitrogens with one attached hydrogen (secondary N) is 1. The minimum atomic E-state index is -1.17. The zero-order valence-corrected chi connectivity index (χ0v) is 19.4. The van der Waals surface area contributed by atoms with Gasteiger partial charge in [-0.25, -0.2) is 9.59 Å². The van der Waals surface area contributed by atoms with E-state index in [9.17, 15) is 29.4 Å². The molecule has 11 heteroatoms. The first-order valence-corrected chi connectivity index (χ1v) is 12.0. The number of nitrogens with zero attached hydrogens (tertiary/aromatic N) is 2. The number of hydrogen-bond donors (Lipinski definition) is 3. The van der Waals surface area contributed by atoms with Crippen LogP contribution in [0.15, 0.2) is 23.3 Å². The summed E-state index contributed by atoms with van der Waals surface area (Å²) in [5.74, 6) is -2.59. The maximum atomic E-state index is 12.6. The maximum Gasteiger partial charge on any atom is 0.410 e. The molecule has 0 aromatic heterocycles. The Kier molecular flexibility index (Phi) is 6.45. The molecular formula is C22H29N3O7S. The summed E-state index contributed by atoms with van der Waals surface area (Å²) in [7, 11) is 0. The number of carboxylic acids is 1. The van der Waals surface area contributed by atoms with Gasteiger partial charge in [0, 0.05) is 35.2 Å². The first kappa shape index (κ1) is 23.6. The Morgan fingerprint density at radius 2 is 2.12 bits per heavy atom. The van der Waals surface area contributed by atoms with E-state index in [1.54, 1.807) is 11.8 Å². The van der Waals surface area contributed by atoms with Crippen LogP contribution in [0.4, 0.5) is 4.79 Å². The number of β-lactam (4-membered cyclic amide) rings is 2. The minimum absolute atomic E-state index is 0.0259. The fraction of sp³-hybridized carbons (Fsp3) is 0.636. The number of rotatable bonds is 8. The van der Waals surface area contributed by atoms with Crippen molar-refractivity contribution in [1.82, 2.24) is 15.1 Å². The second-order valence-electron chi connectivity index (χ2n) is 9.10. The highest BCUT2D eigenvalue weighted by Crippen LogP contribution is 2.52. The van der Waals surface area contributed by atoms with Gasteiger partial charge < -0.3 is 30.1 Å². The lowest BCUT2D eigenvalue weighted by Gasteiger charge is -2.46. The van der Waals surface area contributed by atoms with Crippen molar-refractivity contribution < 1.29 is 34.1 Å². The van der Waals surface area contributed by atoms with E-state index in [2.05, 4.69) is 11.9 Å². The number of hydrogen-bond acceptors (Lipinski definition) is 7. The van der Waals surface area contributed by atoms with Crippen molar-refractivity contribution in [2.75, 3.05) is 19.7 Å². The Balaban J connectivity index is 1.53. The van der Waals surface area contributed by atoms with Gasteiger partial charge in [-0.2, -0.15) is 0 Å². The quantitative estimate of drug-likeness (QED) is 0.343. The van der Waals surface area contributed by atoms with Crippen molar-refractivity contribution in [3.05, 3.63) is 23.3 Å². The number of carbonyl (C=O) groups is 4. The van der Waals surface area contributed by atoms with Crippen molar-refractivity contribution in [2.24, 2.45) is 17.8 Å². The molecule has 0 saturated carbocycles. The van der Waals surface area contributed by atoms with Crippen LogP contribution in [0.1, 0.15) is 26.7 Å². The maximum absolute atomic E-state index is 12.6. The highest BCUT2D eigenvalue weighted by molar-refractivity contribution is 8.03. The van der Waals surface area contributed by atoms with Crippen LogP contribution >= 0.6 is 11.8 Å². The molecule has 10 nitrogen and oxygen atoms in total. The summed E-state index contributed by atoms with van der Waals surface area (Å²) in [5.41, 5.74) is -0.0259. The number of carbonyl (C=O) groups excluding carboxylic acids is 3. The van der Waals surface area contributed by atoms with Crippen LogP contribution in [-0.4, -0.2) is 87.0 Å². The molecule has 4 rings (SSSR count). The molecule has 33 heavy (non-hydrogen) atoms. The summed E-state index contributed by atoms with van der Waals surface area (Å²) in [4.78, 5) is 52.6. The van der Waals surface area contributed by atoms with Crippen LogP contribution in [0.5, 0.6) is 0 Å². The van der Waals surface area contributed by atoms with Gasteiger partial charge in [-0.3, -0.25) is 9.59 Å². The van der Waals surface area contributed by atoms with Crippen molar-refractivity contribution in [1.29, 1.82) is 0 Å². The normalized spacial score (nSPS) is 33.8. The number of fused-ring (bicyclic) bond motifs is 1. The molecule has 3 saturated heterocycles. The second kappa shape index (κ2) is 9.02. The van der Waals surface area contributed by atoms with Crippen molar-refractivity contribution in [3.8, 4) is 0 Å². The first-order chi connectivity index (χ1) is 15.6. The van der Waals surface area contributed by atoms with E-state index >= 15 is 0 Å². The third-order valence-electron chi connectivity index (χ3n) is 6.99. The number of amides is 3. The molecule has 3 N–H and O–H groups in total. The monoisotopic (exact) mass is 479 g/mol. The smallest absolute Gasteiger partial charge is 0.410 e. The minimum Gasteiger partial charge on any atom is -0.477 e. The lowest BCUT2D eigenvalue weighted by Crippen LogP contribution is -2.63. The third kappa shape index (κ3) is 4.01. The lowest BCUT2D eigenvalue weighted by atomic mass is 9.79. The zero-order chi connectivity index (χ0) is 24.0. The van der Waals surface area contributed by atoms with Crippen LogP contribution in [0.2, 0.25) is 0 Å². The zero-order valence-electron chi connectivity index (χ0n) is 18.6. The Hall–Kier alpha value is -2.53. The molecule has 180 valence electrons. The standard InChI is InChI=1S/C22H29N3O7S/c1-4-5-32-22(31)24-9-14(7-13(24)6-12-8-23-19(12)27)33-18-10(2)16-15(11(3)26)20(28)25(16)17(18)21(29)30/h4,10-16,26H,1,5-9H2,2-3H3,(H,23,27)(H,29,30)/t10-,11-,12?,13-,14+,15-,16-/m1/s1. The summed E-state index contributed by atoms with van der Waals surface area (Å²) in [6.45, 7) is 7.98. The van der Waals surface area contributed by atoms with Gasteiger partial charge in [0.1, 0.15) is 12.3 Å². The molecule has 4 heterocycles. The van der Waals surface area contributed by atoms with Crippen LogP contribution in [0.25, 0.3) is 0 Å². The molecule has 3 amide bonds. The average Bonchev–Trinajstić information content (AvgIpc) is 3.26. The lowest BCUT2D eigenvalue weighted by molar-refractivity contribution is -0.163. The highest BCUT2D eigenvalue weighted by atomic mass is 32.2. The van der Waals surface area contributed by atoms with Crippen LogP contribution in [0.3, 0.4) is 0 Å². The highest BCUT2D eigenvalue weighted by Gasteiger charge is 2.60. The Morgan fingerprint density at radius 3 is 2.67 bits per heavy atom. The SMILES string of the molecule is C=CCOC(=O)N1C[C@@H](SC2=C(C(=O)O)N3C(=O)[C@H]([C@@H](C)O)[C@H]3[C@H]2C)C[C@H]1CC1CNC1=O. The molecule has 0 aromatic rings. The number of aliphatic hydroxyl groups excluding tert-OH is 1. The van der Waals surface area contributed by atoms with Gasteiger partial charge in [-0.15, -0.1) is 11.8 Å². The molecule has 4 aliphatic heterocycles. The molecule has 0 aliphatic carbocycles. The fourth-order valence-corrected chi connectivity index (χ4v) is 6.89. The van der Waals surface area contributed by atoms with Crippen LogP contribution in [-0.2, 0) is 19.1 Å². The number of aliphatic hydroxyl groups is 1. The summed E-state index contributed by atoms with van der Waals surface area (Å²) >= 11 is 1.38. The van der Waals surface area contributed by atoms with E-state index < -0.39 is 24.1 Å². The molecule has 4 aliphatic rings. The number of ether oxygens (including phenoxy) is 1. The Labute approximate surface area is 196 Å². The van der Waals surface area contributed by atoms with E-state index in [0.29, 0.717) is 30.8 Å². The molecule has 0 radical (unpaired) electrons. The molecule has 1 unspecified atom stereocenters. The predicted octanol–water partition coefficient (Wildman–Crippen LogP) is 0.775. The van der Waals surface area contributed by atoms with Crippen molar-refractivity contribution >= 4 is 35.6 Å². The van der Waals surface area contributed by atoms with E-state index in [1.165, 1.54) is 22.7 Å². The largest absolute Gasteiger partial charge is 0.477 e. The first-order valence-electron chi connectivity index (χ1n) is 11.1.